The van der Waals surface area contributed by atoms with Gasteiger partial charge in [-0.2, -0.15) is 0 Å². The molecule has 228 valence electrons. The molecule has 6 nitrogen and oxygen atoms in total. The molecule has 0 unspecified atom stereocenters. The number of aliphatic imine (C=N–C) groups is 1. The SMILES string of the molecule is C=C(NC(C)=N/C=C(\C)Cc1ccc(CC(C)(F)F)c(C(=O)N(C)CCN(CC)C(=C)C)c1)c1ccc(N(C)C)cc1. The van der Waals surface area contributed by atoms with E-state index in [1.807, 2.05) is 77.0 Å². The quantitative estimate of drug-likeness (QED) is 0.193. The maximum atomic E-state index is 14.0. The molecule has 0 radical (unpaired) electrons. The van der Waals surface area contributed by atoms with Crippen molar-refractivity contribution in [2.45, 2.75) is 53.4 Å². The van der Waals surface area contributed by atoms with Crippen LogP contribution in [0.2, 0.25) is 0 Å². The summed E-state index contributed by atoms with van der Waals surface area (Å²) in [6.07, 6.45) is 1.79. The molecule has 0 atom stereocenters. The van der Waals surface area contributed by atoms with E-state index >= 15 is 0 Å². The number of benzene rings is 2. The van der Waals surface area contributed by atoms with Crippen LogP contribution in [0.15, 0.2) is 78.1 Å². The maximum Gasteiger partial charge on any atom is 0.253 e. The van der Waals surface area contributed by atoms with E-state index in [2.05, 4.69) is 28.4 Å². The molecule has 0 aliphatic rings. The third-order valence-electron chi connectivity index (χ3n) is 6.90. The fourth-order valence-electron chi connectivity index (χ4n) is 4.48. The van der Waals surface area contributed by atoms with Crippen LogP contribution in [-0.2, 0) is 12.8 Å². The van der Waals surface area contributed by atoms with Crippen LogP contribution in [0, 0.1) is 0 Å². The summed E-state index contributed by atoms with van der Waals surface area (Å²) in [4.78, 5) is 23.7. The van der Waals surface area contributed by atoms with Gasteiger partial charge in [0.15, 0.2) is 0 Å². The molecule has 2 aromatic carbocycles. The molecule has 0 saturated heterocycles. The van der Waals surface area contributed by atoms with Gasteiger partial charge < -0.3 is 20.0 Å². The molecule has 0 aromatic heterocycles. The Bertz CT molecular complexity index is 1310. The third-order valence-corrected chi connectivity index (χ3v) is 6.90. The lowest BCUT2D eigenvalue weighted by atomic mass is 9.95. The summed E-state index contributed by atoms with van der Waals surface area (Å²) in [5.41, 5.74) is 6.20. The maximum absolute atomic E-state index is 14.0. The van der Waals surface area contributed by atoms with Crippen molar-refractivity contribution in [2.75, 3.05) is 45.7 Å². The normalized spacial score (nSPS) is 12.1. The largest absolute Gasteiger partial charge is 0.378 e. The van der Waals surface area contributed by atoms with E-state index in [0.717, 1.165) is 47.2 Å². The van der Waals surface area contributed by atoms with Crippen molar-refractivity contribution in [1.29, 1.82) is 0 Å². The van der Waals surface area contributed by atoms with Gasteiger partial charge in [-0.05, 0) is 75.9 Å². The second kappa shape index (κ2) is 15.3. The van der Waals surface area contributed by atoms with Crippen molar-refractivity contribution < 1.29 is 13.6 Å². The van der Waals surface area contributed by atoms with Crippen LogP contribution in [0.4, 0.5) is 14.5 Å². The lowest BCUT2D eigenvalue weighted by Gasteiger charge is -2.27. The van der Waals surface area contributed by atoms with Gasteiger partial charge in [0.25, 0.3) is 5.91 Å². The van der Waals surface area contributed by atoms with Gasteiger partial charge in [-0.25, -0.2) is 13.8 Å². The van der Waals surface area contributed by atoms with Crippen molar-refractivity contribution in [3.8, 4) is 0 Å². The highest BCUT2D eigenvalue weighted by Gasteiger charge is 2.26. The second-order valence-electron chi connectivity index (χ2n) is 11.2. The van der Waals surface area contributed by atoms with E-state index < -0.39 is 12.3 Å². The summed E-state index contributed by atoms with van der Waals surface area (Å²) in [5, 5.41) is 3.23. The summed E-state index contributed by atoms with van der Waals surface area (Å²) in [5.74, 6) is -2.52. The fourth-order valence-corrected chi connectivity index (χ4v) is 4.48. The van der Waals surface area contributed by atoms with Gasteiger partial charge in [-0.1, -0.05) is 43.0 Å². The summed E-state index contributed by atoms with van der Waals surface area (Å²) in [6, 6.07) is 13.3. The van der Waals surface area contributed by atoms with Gasteiger partial charge in [0, 0.05) is 76.0 Å². The van der Waals surface area contributed by atoms with Crippen LogP contribution in [0.5, 0.6) is 0 Å². The summed E-state index contributed by atoms with van der Waals surface area (Å²) in [6.45, 7) is 18.6. The summed E-state index contributed by atoms with van der Waals surface area (Å²) in [7, 11) is 5.69. The molecular weight excluding hydrogens is 532 g/mol. The van der Waals surface area contributed by atoms with E-state index in [9.17, 15) is 13.6 Å². The van der Waals surface area contributed by atoms with Crippen LogP contribution in [-0.4, -0.2) is 68.2 Å². The summed E-state index contributed by atoms with van der Waals surface area (Å²) < 4.78 is 28.0. The van der Waals surface area contributed by atoms with E-state index in [0.29, 0.717) is 36.5 Å². The molecular formula is C34H47F2N5O. The molecule has 0 heterocycles. The predicted octanol–water partition coefficient (Wildman–Crippen LogP) is 7.00. The van der Waals surface area contributed by atoms with E-state index in [1.165, 1.54) is 0 Å². The Morgan fingerprint density at radius 1 is 1.02 bits per heavy atom. The Morgan fingerprint density at radius 3 is 2.21 bits per heavy atom. The Balaban J connectivity index is 2.18. The number of carbonyl (C=O) groups is 1. The first-order chi connectivity index (χ1) is 19.6. The number of halogens is 2. The van der Waals surface area contributed by atoms with Crippen molar-refractivity contribution >= 4 is 23.1 Å². The van der Waals surface area contributed by atoms with Crippen LogP contribution in [0.3, 0.4) is 0 Å². The number of likely N-dealkylation sites (N-methyl/N-ethyl adjacent to an activating group) is 2. The Morgan fingerprint density at radius 2 is 1.67 bits per heavy atom. The number of hydrogen-bond donors (Lipinski definition) is 1. The second-order valence-corrected chi connectivity index (χ2v) is 11.2. The Kier molecular flexibility index (Phi) is 12.5. The van der Waals surface area contributed by atoms with Crippen LogP contribution >= 0.6 is 0 Å². The van der Waals surface area contributed by atoms with Gasteiger partial charge in [-0.3, -0.25) is 4.79 Å². The Hall–Kier alpha value is -3.94. The van der Waals surface area contributed by atoms with Crippen molar-refractivity contribution in [1.82, 2.24) is 15.1 Å². The molecule has 2 rings (SSSR count). The lowest BCUT2D eigenvalue weighted by Crippen LogP contribution is -2.36. The van der Waals surface area contributed by atoms with Gasteiger partial charge in [0.05, 0.1) is 0 Å². The smallest absolute Gasteiger partial charge is 0.253 e. The topological polar surface area (TPSA) is 51.2 Å². The fraction of sp³-hybridized carbons (Fsp3) is 0.412. The molecule has 1 N–H and O–H groups in total. The molecule has 8 heteroatoms. The van der Waals surface area contributed by atoms with Crippen LogP contribution in [0.25, 0.3) is 5.70 Å². The van der Waals surface area contributed by atoms with Crippen LogP contribution < -0.4 is 10.2 Å². The molecule has 0 bridgehead atoms. The number of nitrogens with zero attached hydrogens (tertiary/aromatic N) is 4. The number of rotatable bonds is 14. The number of allylic oxidation sites excluding steroid dienone is 2. The van der Waals surface area contributed by atoms with Gasteiger partial charge >= 0.3 is 0 Å². The molecule has 0 fully saturated rings. The van der Waals surface area contributed by atoms with Gasteiger partial charge in [0.2, 0.25) is 5.92 Å². The Labute approximate surface area is 251 Å². The highest BCUT2D eigenvalue weighted by Crippen LogP contribution is 2.25. The first-order valence-electron chi connectivity index (χ1n) is 14.2. The molecule has 0 aliphatic heterocycles. The minimum absolute atomic E-state index is 0.273. The van der Waals surface area contributed by atoms with Gasteiger partial charge in [0.1, 0.15) is 5.84 Å². The first-order valence-corrected chi connectivity index (χ1v) is 14.2. The predicted molar refractivity (Wildman–Crippen MR) is 173 cm³/mol. The average Bonchev–Trinajstić information content (AvgIpc) is 2.91. The van der Waals surface area contributed by atoms with Crippen molar-refractivity contribution in [3.05, 3.63) is 95.3 Å². The number of amides is 1. The number of alkyl halides is 2. The first kappa shape index (κ1) is 34.3. The number of carbonyl (C=O) groups excluding carboxylic acids is 1. The zero-order valence-electron chi connectivity index (χ0n) is 26.5. The van der Waals surface area contributed by atoms with E-state index in [4.69, 9.17) is 0 Å². The summed E-state index contributed by atoms with van der Waals surface area (Å²) >= 11 is 0. The molecule has 0 aliphatic carbocycles. The minimum Gasteiger partial charge on any atom is -0.378 e. The molecule has 2 aromatic rings. The van der Waals surface area contributed by atoms with E-state index in [-0.39, 0.29) is 5.91 Å². The standard InChI is InChI=1S/C34H47F2N5O/c1-11-41(24(2)3)19-18-40(10)33(42)32-21-28(12-13-30(32)22-34(7,35)36)20-25(4)23-37-27(6)38-26(5)29-14-16-31(17-15-29)39(8)9/h12-17,21,23H,2,5,11,18-20,22H2,1,3-4,6-10H3,(H,37,38)/b25-23+. The lowest BCUT2D eigenvalue weighted by molar-refractivity contribution is 0.0224. The number of amidine groups is 1. The number of anilines is 1. The van der Waals surface area contributed by atoms with Crippen molar-refractivity contribution in [3.63, 3.8) is 0 Å². The minimum atomic E-state index is -2.93. The van der Waals surface area contributed by atoms with Crippen molar-refractivity contribution in [2.24, 2.45) is 4.99 Å². The van der Waals surface area contributed by atoms with E-state index in [1.54, 1.807) is 30.3 Å². The van der Waals surface area contributed by atoms with Gasteiger partial charge in [-0.15, -0.1) is 0 Å². The molecule has 1 amide bonds. The third kappa shape index (κ3) is 10.8. The highest BCUT2D eigenvalue weighted by molar-refractivity contribution is 5.96. The number of nitrogens with one attached hydrogen (secondary N) is 1. The average molecular weight is 580 g/mol. The zero-order chi connectivity index (χ0) is 31.6. The highest BCUT2D eigenvalue weighted by atomic mass is 19.3. The monoisotopic (exact) mass is 579 g/mol. The van der Waals surface area contributed by atoms with Crippen LogP contribution in [0.1, 0.15) is 61.7 Å². The number of hydrogen-bond acceptors (Lipinski definition) is 4. The molecule has 0 spiro atoms. The molecule has 0 saturated carbocycles. The molecule has 42 heavy (non-hydrogen) atoms. The zero-order valence-corrected chi connectivity index (χ0v) is 26.5.